The van der Waals surface area contributed by atoms with Crippen LogP contribution in [0.4, 0.5) is 15.2 Å². The molecular formula is C20H15FN2O3S. The van der Waals surface area contributed by atoms with Crippen LogP contribution >= 0.6 is 11.3 Å². The molecule has 7 heteroatoms. The van der Waals surface area contributed by atoms with Crippen LogP contribution in [0.3, 0.4) is 0 Å². The summed E-state index contributed by atoms with van der Waals surface area (Å²) in [6.45, 7) is 2.35. The Hall–Kier alpha value is -3.19. The lowest BCUT2D eigenvalue weighted by atomic mass is 10.1. The molecule has 2 heterocycles. The first-order chi connectivity index (χ1) is 13.1. The van der Waals surface area contributed by atoms with Gasteiger partial charge in [-0.05, 0) is 37.3 Å². The average molecular weight is 382 g/mol. The van der Waals surface area contributed by atoms with E-state index in [9.17, 15) is 9.18 Å². The lowest BCUT2D eigenvalue weighted by Gasteiger charge is -2.06. The van der Waals surface area contributed by atoms with E-state index in [0.717, 1.165) is 5.39 Å². The highest BCUT2D eigenvalue weighted by atomic mass is 32.1. The molecule has 4 rings (SSSR count). The highest BCUT2D eigenvalue weighted by Crippen LogP contribution is 2.30. The van der Waals surface area contributed by atoms with E-state index in [2.05, 4.69) is 10.3 Å². The number of thiazole rings is 1. The van der Waals surface area contributed by atoms with Crippen molar-refractivity contribution in [3.05, 3.63) is 70.1 Å². The molecule has 1 N–H and O–H groups in total. The van der Waals surface area contributed by atoms with Gasteiger partial charge in [0, 0.05) is 16.5 Å². The third-order valence-electron chi connectivity index (χ3n) is 3.88. The highest BCUT2D eigenvalue weighted by Gasteiger charge is 2.14. The second-order valence-corrected chi connectivity index (χ2v) is 6.59. The minimum atomic E-state index is -0.489. The molecule has 0 saturated carbocycles. The Balaban J connectivity index is 1.69. The first-order valence-electron chi connectivity index (χ1n) is 8.32. The van der Waals surface area contributed by atoms with Crippen molar-refractivity contribution in [1.82, 2.24) is 4.98 Å². The molecule has 4 aromatic rings. The van der Waals surface area contributed by atoms with Gasteiger partial charge in [0.1, 0.15) is 5.82 Å². The van der Waals surface area contributed by atoms with Crippen molar-refractivity contribution in [2.24, 2.45) is 0 Å². The van der Waals surface area contributed by atoms with Crippen molar-refractivity contribution >= 4 is 33.1 Å². The first-order valence-corrected chi connectivity index (χ1v) is 9.20. The smallest absolute Gasteiger partial charge is 0.345 e. The molecule has 27 heavy (non-hydrogen) atoms. The fourth-order valence-electron chi connectivity index (χ4n) is 2.71. The van der Waals surface area contributed by atoms with Crippen LogP contribution in [0.5, 0.6) is 5.75 Å². The number of para-hydroxylation sites is 1. The van der Waals surface area contributed by atoms with Gasteiger partial charge in [-0.3, -0.25) is 0 Å². The molecule has 136 valence electrons. The molecule has 0 aliphatic heterocycles. The number of ether oxygens (including phenoxy) is 1. The maximum atomic E-state index is 13.3. The van der Waals surface area contributed by atoms with E-state index in [1.807, 2.05) is 19.1 Å². The number of rotatable bonds is 5. The summed E-state index contributed by atoms with van der Waals surface area (Å²) in [6.07, 6.45) is 0. The second-order valence-electron chi connectivity index (χ2n) is 5.73. The zero-order valence-electron chi connectivity index (χ0n) is 14.4. The minimum Gasteiger partial charge on any atom is -0.490 e. The first kappa shape index (κ1) is 17.2. The van der Waals surface area contributed by atoms with Crippen molar-refractivity contribution < 1.29 is 13.5 Å². The number of fused-ring (bicyclic) bond motifs is 1. The summed E-state index contributed by atoms with van der Waals surface area (Å²) in [4.78, 5) is 16.9. The Morgan fingerprint density at radius 3 is 2.89 bits per heavy atom. The lowest BCUT2D eigenvalue weighted by molar-refractivity contribution is 0.337. The monoisotopic (exact) mass is 382 g/mol. The van der Waals surface area contributed by atoms with E-state index in [4.69, 9.17) is 9.15 Å². The van der Waals surface area contributed by atoms with Crippen molar-refractivity contribution in [3.63, 3.8) is 0 Å². The van der Waals surface area contributed by atoms with Crippen LogP contribution in [0.25, 0.3) is 22.2 Å². The highest BCUT2D eigenvalue weighted by molar-refractivity contribution is 7.14. The van der Waals surface area contributed by atoms with Gasteiger partial charge < -0.3 is 14.5 Å². The van der Waals surface area contributed by atoms with Crippen LogP contribution in [0.1, 0.15) is 6.92 Å². The molecule has 0 atom stereocenters. The molecular weight excluding hydrogens is 367 g/mol. The molecule has 0 unspecified atom stereocenters. The Morgan fingerprint density at radius 2 is 2.07 bits per heavy atom. The molecule has 0 spiro atoms. The van der Waals surface area contributed by atoms with Gasteiger partial charge in [0.05, 0.1) is 17.9 Å². The van der Waals surface area contributed by atoms with Crippen LogP contribution in [0.2, 0.25) is 0 Å². The van der Waals surface area contributed by atoms with E-state index >= 15 is 0 Å². The van der Waals surface area contributed by atoms with Gasteiger partial charge in [-0.1, -0.05) is 18.2 Å². The summed E-state index contributed by atoms with van der Waals surface area (Å²) >= 11 is 1.32. The summed E-state index contributed by atoms with van der Waals surface area (Å²) < 4.78 is 24.3. The zero-order chi connectivity index (χ0) is 18.8. The van der Waals surface area contributed by atoms with Crippen LogP contribution in [-0.2, 0) is 0 Å². The zero-order valence-corrected chi connectivity index (χ0v) is 15.2. The normalized spacial score (nSPS) is 10.9. The van der Waals surface area contributed by atoms with Crippen LogP contribution < -0.4 is 15.7 Å². The predicted octanol–water partition coefficient (Wildman–Crippen LogP) is 5.20. The minimum absolute atomic E-state index is 0.336. The summed E-state index contributed by atoms with van der Waals surface area (Å²) in [6, 6.07) is 13.3. The van der Waals surface area contributed by atoms with Crippen molar-refractivity contribution in [3.8, 4) is 17.0 Å². The van der Waals surface area contributed by atoms with Gasteiger partial charge >= 0.3 is 5.63 Å². The third-order valence-corrected chi connectivity index (χ3v) is 4.64. The number of halogens is 1. The van der Waals surface area contributed by atoms with Gasteiger partial charge in [-0.2, -0.15) is 0 Å². The quantitative estimate of drug-likeness (QED) is 0.481. The maximum absolute atomic E-state index is 13.3. The Labute approximate surface area is 158 Å². The number of anilines is 2. The van der Waals surface area contributed by atoms with Crippen molar-refractivity contribution in [1.29, 1.82) is 0 Å². The fourth-order valence-corrected chi connectivity index (χ4v) is 3.44. The molecule has 0 saturated heterocycles. The van der Waals surface area contributed by atoms with Gasteiger partial charge in [0.15, 0.2) is 16.5 Å². The Kier molecular flexibility index (Phi) is 4.60. The van der Waals surface area contributed by atoms with Crippen LogP contribution in [0, 0.1) is 5.82 Å². The molecule has 0 aliphatic rings. The number of aromatic nitrogens is 1. The fraction of sp³-hybridized carbons (Fsp3) is 0.100. The average Bonchev–Trinajstić information content (AvgIpc) is 3.10. The number of nitrogens with zero attached hydrogens (tertiary/aromatic N) is 1. The molecule has 5 nitrogen and oxygen atoms in total. The SMILES string of the molecule is CCOc1cccc2cc(-c3csc(Nc4cccc(F)c4)n3)c(=O)oc12. The molecule has 2 aromatic carbocycles. The summed E-state index contributed by atoms with van der Waals surface area (Å²) in [5, 5.41) is 6.09. The van der Waals surface area contributed by atoms with Gasteiger partial charge in [-0.15, -0.1) is 11.3 Å². The summed E-state index contributed by atoms with van der Waals surface area (Å²) in [7, 11) is 0. The van der Waals surface area contributed by atoms with Crippen LogP contribution in [-0.4, -0.2) is 11.6 Å². The number of benzene rings is 2. The maximum Gasteiger partial charge on any atom is 0.345 e. The molecule has 0 fully saturated rings. The Morgan fingerprint density at radius 1 is 1.22 bits per heavy atom. The standard InChI is InChI=1S/C20H15FN2O3S/c1-2-25-17-8-3-5-12-9-15(19(24)26-18(12)17)16-11-27-20(23-16)22-14-7-4-6-13(21)10-14/h3-11H,2H2,1H3,(H,22,23). The van der Waals surface area contributed by atoms with Gasteiger partial charge in [0.2, 0.25) is 0 Å². The molecule has 0 bridgehead atoms. The Bertz CT molecular complexity index is 1170. The molecule has 0 aliphatic carbocycles. The van der Waals surface area contributed by atoms with E-state index in [1.54, 1.807) is 29.6 Å². The van der Waals surface area contributed by atoms with Crippen molar-refractivity contribution in [2.45, 2.75) is 6.92 Å². The van der Waals surface area contributed by atoms with E-state index in [0.29, 0.717) is 40.0 Å². The molecule has 0 radical (unpaired) electrons. The second kappa shape index (κ2) is 7.20. The van der Waals surface area contributed by atoms with Crippen molar-refractivity contribution in [2.75, 3.05) is 11.9 Å². The largest absolute Gasteiger partial charge is 0.490 e. The predicted molar refractivity (Wildman–Crippen MR) is 104 cm³/mol. The van der Waals surface area contributed by atoms with Crippen LogP contribution in [0.15, 0.2) is 63.1 Å². The van der Waals surface area contributed by atoms with E-state index in [-0.39, 0.29) is 5.82 Å². The number of hydrogen-bond acceptors (Lipinski definition) is 6. The third kappa shape index (κ3) is 3.54. The summed E-state index contributed by atoms with van der Waals surface area (Å²) in [5.41, 5.74) is 1.37. The van der Waals surface area contributed by atoms with E-state index < -0.39 is 5.63 Å². The summed E-state index contributed by atoms with van der Waals surface area (Å²) in [5.74, 6) is 0.197. The van der Waals surface area contributed by atoms with Gasteiger partial charge in [0.25, 0.3) is 0 Å². The topological polar surface area (TPSA) is 64.4 Å². The molecule has 2 aromatic heterocycles. The van der Waals surface area contributed by atoms with E-state index in [1.165, 1.54) is 23.5 Å². The molecule has 0 amide bonds. The number of nitrogens with one attached hydrogen (secondary N) is 1. The van der Waals surface area contributed by atoms with Gasteiger partial charge in [-0.25, -0.2) is 14.2 Å². The lowest BCUT2D eigenvalue weighted by Crippen LogP contribution is -2.04. The number of hydrogen-bond donors (Lipinski definition) is 1.